The van der Waals surface area contributed by atoms with Crippen molar-refractivity contribution in [2.75, 3.05) is 6.61 Å². The zero-order chi connectivity index (χ0) is 13.1. The van der Waals surface area contributed by atoms with Crippen LogP contribution >= 0.6 is 0 Å². The second-order valence-corrected chi connectivity index (χ2v) is 4.06. The van der Waals surface area contributed by atoms with Crippen molar-refractivity contribution in [2.24, 2.45) is 0 Å². The third-order valence-corrected chi connectivity index (χ3v) is 2.72. The van der Waals surface area contributed by atoms with Crippen LogP contribution in [0.1, 0.15) is 28.6 Å². The van der Waals surface area contributed by atoms with Crippen LogP contribution in [-0.4, -0.2) is 17.7 Å². The molecular formula is C14H15NO3. The number of nitrogens with zero attached hydrogens (tertiary/aromatic N) is 1. The Labute approximate surface area is 106 Å². The van der Waals surface area contributed by atoms with Gasteiger partial charge in [0.15, 0.2) is 0 Å². The molecule has 0 radical (unpaired) electrons. The SMILES string of the molecule is CCOC(=O)c1cc(-c2c(C)cccc2C)no1. The quantitative estimate of drug-likeness (QED) is 0.779. The topological polar surface area (TPSA) is 52.3 Å². The lowest BCUT2D eigenvalue weighted by Crippen LogP contribution is -2.02. The van der Waals surface area contributed by atoms with Crippen molar-refractivity contribution in [3.63, 3.8) is 0 Å². The average molecular weight is 245 g/mol. The van der Waals surface area contributed by atoms with Crippen molar-refractivity contribution in [1.29, 1.82) is 0 Å². The Morgan fingerprint density at radius 3 is 2.61 bits per heavy atom. The minimum absolute atomic E-state index is 0.134. The number of hydrogen-bond donors (Lipinski definition) is 0. The Balaban J connectivity index is 2.38. The van der Waals surface area contributed by atoms with Gasteiger partial charge < -0.3 is 9.26 Å². The van der Waals surface area contributed by atoms with Crippen LogP contribution < -0.4 is 0 Å². The van der Waals surface area contributed by atoms with Gasteiger partial charge >= 0.3 is 5.97 Å². The maximum absolute atomic E-state index is 11.5. The van der Waals surface area contributed by atoms with E-state index in [9.17, 15) is 4.79 Å². The first kappa shape index (κ1) is 12.4. The van der Waals surface area contributed by atoms with Gasteiger partial charge in [-0.25, -0.2) is 4.79 Å². The minimum Gasteiger partial charge on any atom is -0.460 e. The molecule has 1 aromatic carbocycles. The third kappa shape index (κ3) is 2.27. The van der Waals surface area contributed by atoms with Gasteiger partial charge in [0.25, 0.3) is 0 Å². The Kier molecular flexibility index (Phi) is 3.46. The fourth-order valence-electron chi connectivity index (χ4n) is 1.91. The molecule has 0 aliphatic heterocycles. The highest BCUT2D eigenvalue weighted by Gasteiger charge is 2.16. The largest absolute Gasteiger partial charge is 0.460 e. The molecule has 0 N–H and O–H groups in total. The van der Waals surface area contributed by atoms with Crippen molar-refractivity contribution in [3.8, 4) is 11.3 Å². The van der Waals surface area contributed by atoms with Gasteiger partial charge in [-0.05, 0) is 31.9 Å². The summed E-state index contributed by atoms with van der Waals surface area (Å²) in [5, 5.41) is 3.94. The molecule has 18 heavy (non-hydrogen) atoms. The number of rotatable bonds is 3. The van der Waals surface area contributed by atoms with Crippen molar-refractivity contribution in [2.45, 2.75) is 20.8 Å². The summed E-state index contributed by atoms with van der Waals surface area (Å²) in [5.41, 5.74) is 3.85. The molecule has 0 amide bonds. The second kappa shape index (κ2) is 5.04. The molecule has 4 heteroatoms. The van der Waals surface area contributed by atoms with Crippen LogP contribution in [0.4, 0.5) is 0 Å². The summed E-state index contributed by atoms with van der Waals surface area (Å²) in [6.45, 7) is 6.07. The van der Waals surface area contributed by atoms with Gasteiger partial charge in [0, 0.05) is 11.6 Å². The highest BCUT2D eigenvalue weighted by Crippen LogP contribution is 2.26. The summed E-state index contributed by atoms with van der Waals surface area (Å²) in [6.07, 6.45) is 0. The predicted molar refractivity (Wildman–Crippen MR) is 67.4 cm³/mol. The highest BCUT2D eigenvalue weighted by atomic mass is 16.6. The van der Waals surface area contributed by atoms with Crippen LogP contribution in [-0.2, 0) is 4.74 Å². The molecule has 0 saturated carbocycles. The van der Waals surface area contributed by atoms with Crippen LogP contribution in [0.15, 0.2) is 28.8 Å². The first-order chi connectivity index (χ1) is 8.63. The first-order valence-electron chi connectivity index (χ1n) is 5.84. The summed E-state index contributed by atoms with van der Waals surface area (Å²) in [5.74, 6) is -0.350. The van der Waals surface area contributed by atoms with Gasteiger partial charge in [-0.3, -0.25) is 0 Å². The monoisotopic (exact) mass is 245 g/mol. The molecule has 0 aliphatic rings. The van der Waals surface area contributed by atoms with Gasteiger partial charge in [-0.2, -0.15) is 0 Å². The van der Waals surface area contributed by atoms with Gasteiger partial charge in [0.05, 0.1) is 6.61 Å². The number of aromatic nitrogens is 1. The van der Waals surface area contributed by atoms with E-state index in [4.69, 9.17) is 9.26 Å². The molecule has 2 rings (SSSR count). The van der Waals surface area contributed by atoms with E-state index in [1.165, 1.54) is 0 Å². The van der Waals surface area contributed by atoms with E-state index in [1.807, 2.05) is 32.0 Å². The van der Waals surface area contributed by atoms with E-state index in [1.54, 1.807) is 13.0 Å². The van der Waals surface area contributed by atoms with Crippen molar-refractivity contribution >= 4 is 5.97 Å². The lowest BCUT2D eigenvalue weighted by atomic mass is 10.0. The van der Waals surface area contributed by atoms with E-state index in [0.717, 1.165) is 16.7 Å². The number of ether oxygens (including phenoxy) is 1. The lowest BCUT2D eigenvalue weighted by Gasteiger charge is -2.04. The molecule has 2 aromatic rings. The molecule has 0 spiro atoms. The van der Waals surface area contributed by atoms with Crippen LogP contribution in [0.3, 0.4) is 0 Å². The number of benzene rings is 1. The molecule has 4 nitrogen and oxygen atoms in total. The minimum atomic E-state index is -0.484. The summed E-state index contributed by atoms with van der Waals surface area (Å²) in [6, 6.07) is 7.61. The molecule has 0 unspecified atom stereocenters. The van der Waals surface area contributed by atoms with Gasteiger partial charge in [0.2, 0.25) is 5.76 Å². The molecule has 94 valence electrons. The fraction of sp³-hybridized carbons (Fsp3) is 0.286. The molecule has 0 fully saturated rings. The van der Waals surface area contributed by atoms with Crippen LogP contribution in [0.5, 0.6) is 0 Å². The number of hydrogen-bond acceptors (Lipinski definition) is 4. The van der Waals surface area contributed by atoms with Crippen molar-refractivity contribution < 1.29 is 14.1 Å². The van der Waals surface area contributed by atoms with E-state index in [-0.39, 0.29) is 5.76 Å². The zero-order valence-electron chi connectivity index (χ0n) is 10.7. The number of aryl methyl sites for hydroxylation is 2. The molecule has 0 atom stereocenters. The van der Waals surface area contributed by atoms with Crippen LogP contribution in [0, 0.1) is 13.8 Å². The smallest absolute Gasteiger partial charge is 0.377 e. The first-order valence-corrected chi connectivity index (χ1v) is 5.84. The fourth-order valence-corrected chi connectivity index (χ4v) is 1.91. The summed E-state index contributed by atoms with van der Waals surface area (Å²) < 4.78 is 9.88. The van der Waals surface area contributed by atoms with E-state index < -0.39 is 5.97 Å². The zero-order valence-corrected chi connectivity index (χ0v) is 10.7. The van der Waals surface area contributed by atoms with Crippen molar-refractivity contribution in [3.05, 3.63) is 41.2 Å². The highest BCUT2D eigenvalue weighted by molar-refractivity contribution is 5.87. The molecule has 0 saturated heterocycles. The lowest BCUT2D eigenvalue weighted by molar-refractivity contribution is 0.0480. The summed E-state index contributed by atoms with van der Waals surface area (Å²) in [4.78, 5) is 11.5. The normalized spacial score (nSPS) is 10.4. The number of esters is 1. The van der Waals surface area contributed by atoms with Gasteiger partial charge in [-0.1, -0.05) is 23.4 Å². The summed E-state index contributed by atoms with van der Waals surface area (Å²) >= 11 is 0. The average Bonchev–Trinajstić information content (AvgIpc) is 2.78. The summed E-state index contributed by atoms with van der Waals surface area (Å²) in [7, 11) is 0. The van der Waals surface area contributed by atoms with E-state index >= 15 is 0 Å². The number of carbonyl (C=O) groups excluding carboxylic acids is 1. The molecule has 0 aliphatic carbocycles. The Bertz CT molecular complexity index is 552. The van der Waals surface area contributed by atoms with Crippen LogP contribution in [0.2, 0.25) is 0 Å². The Hall–Kier alpha value is -2.10. The molecule has 0 bridgehead atoms. The van der Waals surface area contributed by atoms with Gasteiger partial charge in [-0.15, -0.1) is 0 Å². The second-order valence-electron chi connectivity index (χ2n) is 4.06. The predicted octanol–water partition coefficient (Wildman–Crippen LogP) is 3.14. The maximum atomic E-state index is 11.5. The Morgan fingerprint density at radius 2 is 2.00 bits per heavy atom. The molecule has 1 heterocycles. The Morgan fingerprint density at radius 1 is 1.33 bits per heavy atom. The van der Waals surface area contributed by atoms with Crippen LogP contribution in [0.25, 0.3) is 11.3 Å². The van der Waals surface area contributed by atoms with Gasteiger partial charge in [0.1, 0.15) is 5.69 Å². The van der Waals surface area contributed by atoms with E-state index in [0.29, 0.717) is 12.3 Å². The van der Waals surface area contributed by atoms with Crippen molar-refractivity contribution in [1.82, 2.24) is 5.16 Å². The standard InChI is InChI=1S/C14H15NO3/c1-4-17-14(16)12-8-11(15-18-12)13-9(2)6-5-7-10(13)3/h5-8H,4H2,1-3H3. The maximum Gasteiger partial charge on any atom is 0.377 e. The third-order valence-electron chi connectivity index (χ3n) is 2.72. The van der Waals surface area contributed by atoms with E-state index in [2.05, 4.69) is 5.16 Å². The molecule has 1 aromatic heterocycles. The molecular weight excluding hydrogens is 230 g/mol. The number of carbonyl (C=O) groups is 1.